The first-order valence-electron chi connectivity index (χ1n) is 8.38. The van der Waals surface area contributed by atoms with Gasteiger partial charge in [0.05, 0.1) is 10.6 Å². The van der Waals surface area contributed by atoms with Crippen LogP contribution in [0.3, 0.4) is 0 Å². The highest BCUT2D eigenvalue weighted by molar-refractivity contribution is 7.20. The number of thiophene rings is 1. The molecular weight excluding hydrogens is 338 g/mol. The van der Waals surface area contributed by atoms with E-state index in [1.54, 1.807) is 0 Å². The second-order valence-electron chi connectivity index (χ2n) is 5.97. The highest BCUT2D eigenvalue weighted by Crippen LogP contribution is 2.45. The van der Waals surface area contributed by atoms with E-state index in [2.05, 4.69) is 12.1 Å². The molecule has 1 heterocycles. The first-order valence-corrected chi connectivity index (χ1v) is 9.20. The SMILES string of the molecule is Nc1sc(-c2ccccc2)c(-c2ccccc2)c1C(=O)c1ccccc1. The van der Waals surface area contributed by atoms with Gasteiger partial charge in [-0.05, 0) is 11.1 Å². The van der Waals surface area contributed by atoms with E-state index in [9.17, 15) is 4.79 Å². The van der Waals surface area contributed by atoms with Gasteiger partial charge >= 0.3 is 0 Å². The number of carbonyl (C=O) groups excluding carboxylic acids is 1. The average Bonchev–Trinajstić information content (AvgIpc) is 3.06. The molecule has 0 aliphatic carbocycles. The Hall–Kier alpha value is -3.17. The molecule has 0 spiro atoms. The molecule has 0 unspecified atom stereocenters. The molecule has 126 valence electrons. The van der Waals surface area contributed by atoms with E-state index in [-0.39, 0.29) is 5.78 Å². The van der Waals surface area contributed by atoms with Crippen LogP contribution in [0.5, 0.6) is 0 Å². The van der Waals surface area contributed by atoms with Crippen LogP contribution in [0.1, 0.15) is 15.9 Å². The van der Waals surface area contributed by atoms with E-state index in [1.807, 2.05) is 78.9 Å². The Morgan fingerprint density at radius 2 is 1.19 bits per heavy atom. The second kappa shape index (κ2) is 6.98. The van der Waals surface area contributed by atoms with Crippen molar-refractivity contribution < 1.29 is 4.79 Å². The molecule has 0 bridgehead atoms. The number of carbonyl (C=O) groups is 1. The monoisotopic (exact) mass is 355 g/mol. The van der Waals surface area contributed by atoms with Gasteiger partial charge < -0.3 is 5.73 Å². The summed E-state index contributed by atoms with van der Waals surface area (Å²) in [4.78, 5) is 14.3. The van der Waals surface area contributed by atoms with Crippen LogP contribution >= 0.6 is 11.3 Å². The summed E-state index contributed by atoms with van der Waals surface area (Å²) in [5.74, 6) is -0.0413. The molecule has 3 heteroatoms. The molecule has 0 atom stereocenters. The number of hydrogen-bond acceptors (Lipinski definition) is 3. The topological polar surface area (TPSA) is 43.1 Å². The van der Waals surface area contributed by atoms with Gasteiger partial charge in [0.15, 0.2) is 5.78 Å². The summed E-state index contributed by atoms with van der Waals surface area (Å²) in [6, 6.07) is 29.4. The minimum atomic E-state index is -0.0413. The van der Waals surface area contributed by atoms with Gasteiger partial charge in [0.25, 0.3) is 0 Å². The molecule has 2 nitrogen and oxygen atoms in total. The molecule has 26 heavy (non-hydrogen) atoms. The lowest BCUT2D eigenvalue weighted by Crippen LogP contribution is -2.04. The Kier molecular flexibility index (Phi) is 4.38. The standard InChI is InChI=1S/C23H17NOS/c24-23-20(21(25)17-12-6-2-7-13-17)19(16-10-4-1-5-11-16)22(26-23)18-14-8-3-9-15-18/h1-15H,24H2. The van der Waals surface area contributed by atoms with Crippen molar-refractivity contribution in [1.82, 2.24) is 0 Å². The zero-order chi connectivity index (χ0) is 17.9. The summed E-state index contributed by atoms with van der Waals surface area (Å²) in [5.41, 5.74) is 10.6. The molecule has 3 aromatic carbocycles. The molecule has 0 amide bonds. The summed E-state index contributed by atoms with van der Waals surface area (Å²) in [7, 11) is 0. The summed E-state index contributed by atoms with van der Waals surface area (Å²) in [5, 5.41) is 0.552. The van der Waals surface area contributed by atoms with E-state index in [0.717, 1.165) is 21.6 Å². The second-order valence-corrected chi connectivity index (χ2v) is 7.02. The molecule has 0 saturated carbocycles. The molecule has 4 rings (SSSR count). The number of nitrogen functional groups attached to an aromatic ring is 1. The fraction of sp³-hybridized carbons (Fsp3) is 0. The number of rotatable bonds is 4. The molecule has 1 aromatic heterocycles. The molecule has 0 aliphatic rings. The average molecular weight is 355 g/mol. The predicted molar refractivity (Wildman–Crippen MR) is 109 cm³/mol. The van der Waals surface area contributed by atoms with Crippen molar-refractivity contribution in [1.29, 1.82) is 0 Å². The normalized spacial score (nSPS) is 10.6. The third-order valence-electron chi connectivity index (χ3n) is 4.30. The molecule has 0 saturated heterocycles. The van der Waals surface area contributed by atoms with Crippen LogP contribution in [-0.2, 0) is 0 Å². The van der Waals surface area contributed by atoms with Crippen LogP contribution < -0.4 is 5.73 Å². The lowest BCUT2D eigenvalue weighted by Gasteiger charge is -2.08. The number of hydrogen-bond donors (Lipinski definition) is 1. The van der Waals surface area contributed by atoms with Crippen molar-refractivity contribution in [2.45, 2.75) is 0 Å². The molecule has 4 aromatic rings. The van der Waals surface area contributed by atoms with Gasteiger partial charge in [-0.15, -0.1) is 11.3 Å². The molecular formula is C23H17NOS. The molecule has 0 fully saturated rings. The number of nitrogens with two attached hydrogens (primary N) is 1. The predicted octanol–water partition coefficient (Wildman–Crippen LogP) is 5.90. The van der Waals surface area contributed by atoms with Crippen LogP contribution in [0.25, 0.3) is 21.6 Å². The Morgan fingerprint density at radius 3 is 1.77 bits per heavy atom. The summed E-state index contributed by atoms with van der Waals surface area (Å²) >= 11 is 1.47. The summed E-state index contributed by atoms with van der Waals surface area (Å²) in [6.45, 7) is 0. The van der Waals surface area contributed by atoms with E-state index in [0.29, 0.717) is 16.1 Å². The maximum atomic E-state index is 13.2. The highest BCUT2D eigenvalue weighted by Gasteiger charge is 2.24. The zero-order valence-electron chi connectivity index (χ0n) is 14.1. The van der Waals surface area contributed by atoms with E-state index in [4.69, 9.17) is 5.73 Å². The first-order chi connectivity index (χ1) is 12.8. The third kappa shape index (κ3) is 2.93. The fourth-order valence-corrected chi connectivity index (χ4v) is 4.17. The van der Waals surface area contributed by atoms with Gasteiger partial charge in [-0.2, -0.15) is 0 Å². The molecule has 2 N–H and O–H groups in total. The number of benzene rings is 3. The smallest absolute Gasteiger partial charge is 0.196 e. The van der Waals surface area contributed by atoms with Crippen LogP contribution in [-0.4, -0.2) is 5.78 Å². The minimum Gasteiger partial charge on any atom is -0.390 e. The van der Waals surface area contributed by atoms with Gasteiger partial charge in [0.1, 0.15) is 0 Å². The van der Waals surface area contributed by atoms with Crippen LogP contribution in [0.15, 0.2) is 91.0 Å². The van der Waals surface area contributed by atoms with E-state index in [1.165, 1.54) is 11.3 Å². The van der Waals surface area contributed by atoms with Gasteiger partial charge in [0.2, 0.25) is 0 Å². The number of ketones is 1. The quantitative estimate of drug-likeness (QED) is 0.463. The fourth-order valence-electron chi connectivity index (χ4n) is 3.08. The van der Waals surface area contributed by atoms with Gasteiger partial charge in [-0.25, -0.2) is 0 Å². The van der Waals surface area contributed by atoms with Crippen molar-refractivity contribution in [3.05, 3.63) is 102 Å². The van der Waals surface area contributed by atoms with Gasteiger partial charge in [-0.3, -0.25) is 4.79 Å². The van der Waals surface area contributed by atoms with Crippen molar-refractivity contribution in [3.63, 3.8) is 0 Å². The Bertz CT molecular complexity index is 1040. The van der Waals surface area contributed by atoms with E-state index < -0.39 is 0 Å². The van der Waals surface area contributed by atoms with Crippen LogP contribution in [0.2, 0.25) is 0 Å². The number of anilines is 1. The Labute approximate surface area is 156 Å². The molecule has 0 radical (unpaired) electrons. The first kappa shape index (κ1) is 16.3. The zero-order valence-corrected chi connectivity index (χ0v) is 14.9. The maximum absolute atomic E-state index is 13.2. The maximum Gasteiger partial charge on any atom is 0.196 e. The minimum absolute atomic E-state index is 0.0413. The largest absolute Gasteiger partial charge is 0.390 e. The Morgan fingerprint density at radius 1 is 0.692 bits per heavy atom. The van der Waals surface area contributed by atoms with Crippen molar-refractivity contribution in [2.75, 3.05) is 5.73 Å². The van der Waals surface area contributed by atoms with Crippen molar-refractivity contribution in [2.24, 2.45) is 0 Å². The van der Waals surface area contributed by atoms with E-state index >= 15 is 0 Å². The van der Waals surface area contributed by atoms with Gasteiger partial charge in [0, 0.05) is 16.0 Å². The summed E-state index contributed by atoms with van der Waals surface area (Å²) < 4.78 is 0. The van der Waals surface area contributed by atoms with Gasteiger partial charge in [-0.1, -0.05) is 91.0 Å². The lowest BCUT2D eigenvalue weighted by molar-refractivity contribution is 0.104. The lowest BCUT2D eigenvalue weighted by atomic mass is 9.93. The third-order valence-corrected chi connectivity index (χ3v) is 5.36. The van der Waals surface area contributed by atoms with Crippen molar-refractivity contribution >= 4 is 22.1 Å². The Balaban J connectivity index is 1.97. The molecule has 0 aliphatic heterocycles. The summed E-state index contributed by atoms with van der Waals surface area (Å²) in [6.07, 6.45) is 0. The van der Waals surface area contributed by atoms with Crippen LogP contribution in [0, 0.1) is 0 Å². The van der Waals surface area contributed by atoms with Crippen molar-refractivity contribution in [3.8, 4) is 21.6 Å². The highest BCUT2D eigenvalue weighted by atomic mass is 32.1. The van der Waals surface area contributed by atoms with Crippen LogP contribution in [0.4, 0.5) is 5.00 Å².